The predicted octanol–water partition coefficient (Wildman–Crippen LogP) is 4.59. The quantitative estimate of drug-likeness (QED) is 0.681. The van der Waals surface area contributed by atoms with Crippen LogP contribution in [0.3, 0.4) is 0 Å². The highest BCUT2D eigenvalue weighted by atomic mass is 28.4. The third kappa shape index (κ3) is 2.30. The van der Waals surface area contributed by atoms with Gasteiger partial charge in [-0.15, -0.1) is 0 Å². The van der Waals surface area contributed by atoms with Gasteiger partial charge in [0.05, 0.1) is 0 Å². The molecule has 0 aromatic rings. The van der Waals surface area contributed by atoms with Crippen molar-refractivity contribution in [2.75, 3.05) is 14.2 Å². The largest absolute Gasteiger partial charge is 0.397 e. The van der Waals surface area contributed by atoms with Gasteiger partial charge in [-0.2, -0.15) is 0 Å². The second kappa shape index (κ2) is 5.64. The summed E-state index contributed by atoms with van der Waals surface area (Å²) in [5, 5.41) is 0.133. The van der Waals surface area contributed by atoms with Gasteiger partial charge in [0.25, 0.3) is 0 Å². The number of hydrogen-bond acceptors (Lipinski definition) is 2. The first-order valence-corrected chi connectivity index (χ1v) is 9.24. The SMILES string of the molecule is CO[Si](OC)(C1C(C)CCC1C)C(C)(C)C(C)C. The lowest BCUT2D eigenvalue weighted by molar-refractivity contribution is 0.165. The average Bonchev–Trinajstić information content (AvgIpc) is 2.63. The van der Waals surface area contributed by atoms with Crippen LogP contribution in [0.15, 0.2) is 0 Å². The molecule has 0 amide bonds. The highest BCUT2D eigenvalue weighted by Crippen LogP contribution is 2.58. The maximum atomic E-state index is 6.15. The van der Waals surface area contributed by atoms with Crippen molar-refractivity contribution in [1.82, 2.24) is 0 Å². The van der Waals surface area contributed by atoms with Crippen molar-refractivity contribution in [3.8, 4) is 0 Å². The summed E-state index contributed by atoms with van der Waals surface area (Å²) in [4.78, 5) is 0. The molecule has 1 saturated carbocycles. The molecule has 0 bridgehead atoms. The van der Waals surface area contributed by atoms with Crippen molar-refractivity contribution in [3.05, 3.63) is 0 Å². The van der Waals surface area contributed by atoms with Gasteiger partial charge in [-0.3, -0.25) is 0 Å². The Bertz CT molecular complexity index is 262. The standard InChI is InChI=1S/C15H32O2Si/c1-11(2)15(5,6)18(16-7,17-8)14-12(3)9-10-13(14)4/h11-14H,9-10H2,1-8H3. The van der Waals surface area contributed by atoms with E-state index < -0.39 is 8.56 Å². The zero-order valence-corrected chi connectivity index (χ0v) is 14.5. The minimum absolute atomic E-state index is 0.133. The molecule has 0 aromatic heterocycles. The minimum atomic E-state index is -2.23. The van der Waals surface area contributed by atoms with Gasteiger partial charge in [0, 0.05) is 24.8 Å². The van der Waals surface area contributed by atoms with Gasteiger partial charge < -0.3 is 8.85 Å². The Morgan fingerprint density at radius 3 is 1.67 bits per heavy atom. The molecule has 0 aromatic carbocycles. The Balaban J connectivity index is 3.22. The van der Waals surface area contributed by atoms with Crippen LogP contribution in [0.1, 0.15) is 54.4 Å². The molecule has 0 aliphatic heterocycles. The van der Waals surface area contributed by atoms with Gasteiger partial charge in [-0.05, 0) is 17.8 Å². The Morgan fingerprint density at radius 1 is 1.00 bits per heavy atom. The summed E-state index contributed by atoms with van der Waals surface area (Å²) in [6.45, 7) is 14.0. The number of rotatable bonds is 5. The van der Waals surface area contributed by atoms with Gasteiger partial charge in [0.15, 0.2) is 0 Å². The Morgan fingerprint density at radius 2 is 1.39 bits per heavy atom. The second-order valence-electron chi connectivity index (χ2n) is 7.01. The van der Waals surface area contributed by atoms with Crippen molar-refractivity contribution in [2.45, 2.75) is 65.0 Å². The summed E-state index contributed by atoms with van der Waals surface area (Å²) >= 11 is 0. The van der Waals surface area contributed by atoms with Crippen LogP contribution in [0.4, 0.5) is 0 Å². The topological polar surface area (TPSA) is 18.5 Å². The van der Waals surface area contributed by atoms with E-state index in [2.05, 4.69) is 41.5 Å². The van der Waals surface area contributed by atoms with E-state index in [1.165, 1.54) is 12.8 Å². The molecule has 0 N–H and O–H groups in total. The van der Waals surface area contributed by atoms with Gasteiger partial charge in [0.2, 0.25) is 0 Å². The molecule has 1 aliphatic rings. The van der Waals surface area contributed by atoms with E-state index in [-0.39, 0.29) is 5.04 Å². The van der Waals surface area contributed by atoms with Crippen LogP contribution >= 0.6 is 0 Å². The van der Waals surface area contributed by atoms with E-state index in [0.29, 0.717) is 11.5 Å². The molecular weight excluding hydrogens is 240 g/mol. The lowest BCUT2D eigenvalue weighted by atomic mass is 9.99. The fourth-order valence-electron chi connectivity index (χ4n) is 3.91. The normalized spacial score (nSPS) is 30.2. The summed E-state index contributed by atoms with van der Waals surface area (Å²) in [6, 6.07) is 0. The summed E-state index contributed by atoms with van der Waals surface area (Å²) < 4.78 is 12.3. The molecule has 108 valence electrons. The molecule has 0 spiro atoms. The highest BCUT2D eigenvalue weighted by molar-refractivity contribution is 6.72. The Hall–Kier alpha value is 0.137. The molecule has 0 radical (unpaired) electrons. The summed E-state index contributed by atoms with van der Waals surface area (Å²) in [7, 11) is 1.52. The van der Waals surface area contributed by atoms with Crippen molar-refractivity contribution >= 4 is 8.56 Å². The lowest BCUT2D eigenvalue weighted by Crippen LogP contribution is -2.57. The first-order valence-electron chi connectivity index (χ1n) is 7.34. The Kier molecular flexibility index (Phi) is 5.07. The van der Waals surface area contributed by atoms with Gasteiger partial charge in [-0.25, -0.2) is 0 Å². The molecule has 2 unspecified atom stereocenters. The van der Waals surface area contributed by atoms with Crippen LogP contribution in [0.5, 0.6) is 0 Å². The first-order chi connectivity index (χ1) is 8.24. The van der Waals surface area contributed by atoms with E-state index in [0.717, 1.165) is 11.8 Å². The van der Waals surface area contributed by atoms with Crippen LogP contribution in [0.2, 0.25) is 10.6 Å². The van der Waals surface area contributed by atoms with Crippen LogP contribution in [0, 0.1) is 17.8 Å². The van der Waals surface area contributed by atoms with Gasteiger partial charge in [-0.1, -0.05) is 54.4 Å². The molecule has 1 rings (SSSR count). The molecule has 2 atom stereocenters. The Labute approximate surface area is 115 Å². The van der Waals surface area contributed by atoms with Crippen molar-refractivity contribution in [3.63, 3.8) is 0 Å². The highest BCUT2D eigenvalue weighted by Gasteiger charge is 2.61. The van der Waals surface area contributed by atoms with Crippen LogP contribution in [0.25, 0.3) is 0 Å². The molecule has 0 saturated heterocycles. The molecule has 1 aliphatic carbocycles. The first kappa shape index (κ1) is 16.2. The molecular formula is C15H32O2Si. The van der Waals surface area contributed by atoms with E-state index in [4.69, 9.17) is 8.85 Å². The maximum absolute atomic E-state index is 6.15. The van der Waals surface area contributed by atoms with Crippen LogP contribution in [-0.4, -0.2) is 22.8 Å². The molecule has 2 nitrogen and oxygen atoms in total. The van der Waals surface area contributed by atoms with E-state index in [9.17, 15) is 0 Å². The van der Waals surface area contributed by atoms with Gasteiger partial charge in [0.1, 0.15) is 0 Å². The zero-order chi connectivity index (χ0) is 14.1. The summed E-state index contributed by atoms with van der Waals surface area (Å²) in [6.07, 6.45) is 2.64. The summed E-state index contributed by atoms with van der Waals surface area (Å²) in [5.74, 6) is 2.03. The molecule has 18 heavy (non-hydrogen) atoms. The second-order valence-corrected chi connectivity index (χ2v) is 11.1. The molecule has 0 heterocycles. The van der Waals surface area contributed by atoms with Crippen LogP contribution < -0.4 is 0 Å². The average molecular weight is 273 g/mol. The summed E-state index contributed by atoms with van der Waals surface area (Å²) in [5.41, 5.74) is 0.616. The molecule has 1 fully saturated rings. The number of hydrogen-bond donors (Lipinski definition) is 0. The van der Waals surface area contributed by atoms with Crippen molar-refractivity contribution in [1.29, 1.82) is 0 Å². The van der Waals surface area contributed by atoms with E-state index in [1.807, 2.05) is 14.2 Å². The smallest absolute Gasteiger partial charge is 0.347 e. The van der Waals surface area contributed by atoms with Crippen molar-refractivity contribution < 1.29 is 8.85 Å². The van der Waals surface area contributed by atoms with Crippen molar-refractivity contribution in [2.24, 2.45) is 17.8 Å². The lowest BCUT2D eigenvalue weighted by Gasteiger charge is -2.49. The molecule has 3 heteroatoms. The van der Waals surface area contributed by atoms with Crippen LogP contribution in [-0.2, 0) is 8.85 Å². The fourth-order valence-corrected chi connectivity index (χ4v) is 9.17. The maximum Gasteiger partial charge on any atom is 0.347 e. The predicted molar refractivity (Wildman–Crippen MR) is 80.0 cm³/mol. The minimum Gasteiger partial charge on any atom is -0.397 e. The van der Waals surface area contributed by atoms with E-state index >= 15 is 0 Å². The monoisotopic (exact) mass is 272 g/mol. The van der Waals surface area contributed by atoms with E-state index in [1.54, 1.807) is 0 Å². The fraction of sp³-hybridized carbons (Fsp3) is 1.00. The van der Waals surface area contributed by atoms with Gasteiger partial charge >= 0.3 is 8.56 Å². The third-order valence-electron chi connectivity index (χ3n) is 5.69. The zero-order valence-electron chi connectivity index (χ0n) is 13.5. The third-order valence-corrected chi connectivity index (χ3v) is 11.3.